The monoisotopic (exact) mass is 368 g/mol. The number of nitrogens with one attached hydrogen (secondary N) is 1. The van der Waals surface area contributed by atoms with Crippen LogP contribution < -0.4 is 15.0 Å². The van der Waals surface area contributed by atoms with Crippen molar-refractivity contribution in [2.24, 2.45) is 0 Å². The zero-order valence-electron chi connectivity index (χ0n) is 15.8. The van der Waals surface area contributed by atoms with Crippen molar-refractivity contribution in [2.45, 2.75) is 40.0 Å². The van der Waals surface area contributed by atoms with Gasteiger partial charge in [-0.15, -0.1) is 0 Å². The predicted octanol–water partition coefficient (Wildman–Crippen LogP) is 3.06. The summed E-state index contributed by atoms with van der Waals surface area (Å²) < 4.78 is 10.2. The minimum absolute atomic E-state index is 0.0863. The average Bonchev–Trinajstić information content (AvgIpc) is 2.51. The summed E-state index contributed by atoms with van der Waals surface area (Å²) in [7, 11) is 0. The Bertz CT molecular complexity index is 972. The molecule has 0 saturated heterocycles. The van der Waals surface area contributed by atoms with E-state index in [1.807, 2.05) is 26.8 Å². The van der Waals surface area contributed by atoms with E-state index in [0.717, 1.165) is 0 Å². The number of rotatable bonds is 3. The summed E-state index contributed by atoms with van der Waals surface area (Å²) in [5.41, 5.74) is 0.428. The molecule has 0 unspecified atom stereocenters. The second kappa shape index (κ2) is 7.46. The molecule has 0 aliphatic rings. The van der Waals surface area contributed by atoms with Crippen LogP contribution in [0.2, 0.25) is 0 Å². The minimum atomic E-state index is -0.553. The lowest BCUT2D eigenvalue weighted by atomic mass is 9.88. The van der Waals surface area contributed by atoms with Gasteiger partial charge in [0.05, 0.1) is 0 Å². The number of hydrogen-bond donors (Lipinski definition) is 1. The molecule has 27 heavy (non-hydrogen) atoms. The molecular weight excluding hydrogens is 348 g/mol. The normalized spacial score (nSPS) is 10.8. The molecule has 0 radical (unpaired) electrons. The predicted molar refractivity (Wildman–Crippen MR) is 98.5 cm³/mol. The van der Waals surface area contributed by atoms with Crippen molar-refractivity contribution >= 4 is 11.9 Å². The van der Waals surface area contributed by atoms with Gasteiger partial charge in [0.1, 0.15) is 23.1 Å². The zero-order chi connectivity index (χ0) is 20.4. The van der Waals surface area contributed by atoms with E-state index < -0.39 is 17.5 Å². The minimum Gasteiger partial charge on any atom is -0.427 e. The van der Waals surface area contributed by atoms with Crippen molar-refractivity contribution in [3.8, 4) is 28.7 Å². The Labute approximate surface area is 156 Å². The summed E-state index contributed by atoms with van der Waals surface area (Å²) in [6, 6.07) is 8.01. The van der Waals surface area contributed by atoms with Crippen LogP contribution in [-0.4, -0.2) is 16.9 Å². The maximum atomic E-state index is 12.4. The fourth-order valence-corrected chi connectivity index (χ4v) is 2.48. The summed E-state index contributed by atoms with van der Waals surface area (Å²) in [5, 5.41) is 9.44. The summed E-state index contributed by atoms with van der Waals surface area (Å²) in [4.78, 5) is 37.8. The average molecular weight is 368 g/mol. The molecule has 1 aromatic heterocycles. The molecule has 2 rings (SSSR count). The number of pyridine rings is 1. The van der Waals surface area contributed by atoms with Crippen LogP contribution in [0.1, 0.15) is 45.9 Å². The van der Waals surface area contributed by atoms with Gasteiger partial charge in [0.25, 0.3) is 5.56 Å². The Morgan fingerprint density at radius 1 is 1.00 bits per heavy atom. The van der Waals surface area contributed by atoms with Crippen LogP contribution in [0.3, 0.4) is 0 Å². The maximum Gasteiger partial charge on any atom is 0.308 e. The summed E-state index contributed by atoms with van der Waals surface area (Å²) >= 11 is 0. The number of esters is 2. The number of benzene rings is 1. The van der Waals surface area contributed by atoms with E-state index in [0.29, 0.717) is 16.8 Å². The van der Waals surface area contributed by atoms with E-state index in [1.54, 1.807) is 6.07 Å². The van der Waals surface area contributed by atoms with E-state index in [4.69, 9.17) is 9.47 Å². The van der Waals surface area contributed by atoms with Gasteiger partial charge in [0, 0.05) is 36.6 Å². The molecule has 0 bridgehead atoms. The van der Waals surface area contributed by atoms with Crippen molar-refractivity contribution in [3.63, 3.8) is 0 Å². The molecule has 0 aliphatic heterocycles. The molecular formula is C20H20N2O5. The van der Waals surface area contributed by atoms with Crippen LogP contribution in [0, 0.1) is 11.3 Å². The number of H-pyrrole nitrogens is 1. The molecule has 7 heteroatoms. The number of ether oxygens (including phenoxy) is 2. The standard InChI is InChI=1S/C20H20N2O5/c1-11(23)26-14-6-13(7-15(8-14)27-12(2)24)16-9-18(20(3,4)5)22-19(25)17(16)10-21/h6-9H,1-5H3,(H,22,25). The topological polar surface area (TPSA) is 109 Å². The van der Waals surface area contributed by atoms with Crippen LogP contribution in [0.15, 0.2) is 29.1 Å². The molecule has 0 spiro atoms. The summed E-state index contributed by atoms with van der Waals surface area (Å²) in [6.07, 6.45) is 0. The molecule has 1 N–H and O–H groups in total. The summed E-state index contributed by atoms with van der Waals surface area (Å²) in [6.45, 7) is 8.25. The highest BCUT2D eigenvalue weighted by Gasteiger charge is 2.20. The van der Waals surface area contributed by atoms with Gasteiger partial charge in [-0.2, -0.15) is 5.26 Å². The van der Waals surface area contributed by atoms with Gasteiger partial charge < -0.3 is 14.5 Å². The van der Waals surface area contributed by atoms with Crippen molar-refractivity contribution < 1.29 is 19.1 Å². The van der Waals surface area contributed by atoms with Crippen LogP contribution in [0.5, 0.6) is 11.5 Å². The number of nitriles is 1. The molecule has 0 saturated carbocycles. The van der Waals surface area contributed by atoms with E-state index in [-0.39, 0.29) is 22.5 Å². The Morgan fingerprint density at radius 3 is 1.93 bits per heavy atom. The number of carbonyl (C=O) groups is 2. The Kier molecular flexibility index (Phi) is 5.50. The Balaban J connectivity index is 2.77. The van der Waals surface area contributed by atoms with Crippen molar-refractivity contribution in [1.82, 2.24) is 4.98 Å². The summed E-state index contributed by atoms with van der Waals surface area (Å²) in [5.74, 6) is -0.832. The second-order valence-corrected chi connectivity index (χ2v) is 7.04. The van der Waals surface area contributed by atoms with Crippen molar-refractivity contribution in [3.05, 3.63) is 45.9 Å². The van der Waals surface area contributed by atoms with Gasteiger partial charge in [0.15, 0.2) is 0 Å². The van der Waals surface area contributed by atoms with Gasteiger partial charge in [-0.05, 0) is 23.8 Å². The lowest BCUT2D eigenvalue weighted by Crippen LogP contribution is -2.22. The molecule has 1 heterocycles. The Hall–Kier alpha value is -3.40. The lowest BCUT2D eigenvalue weighted by Gasteiger charge is -2.20. The number of aromatic nitrogens is 1. The third-order valence-corrected chi connectivity index (χ3v) is 3.67. The van der Waals surface area contributed by atoms with Crippen LogP contribution in [0.25, 0.3) is 11.1 Å². The lowest BCUT2D eigenvalue weighted by molar-refractivity contribution is -0.132. The highest BCUT2D eigenvalue weighted by atomic mass is 16.5. The molecule has 2 aromatic rings. The SMILES string of the molecule is CC(=O)Oc1cc(OC(C)=O)cc(-c2cc(C(C)(C)C)[nH]c(=O)c2C#N)c1. The van der Waals surface area contributed by atoms with E-state index >= 15 is 0 Å². The number of carbonyl (C=O) groups excluding carboxylic acids is 2. The van der Waals surface area contributed by atoms with Crippen LogP contribution in [-0.2, 0) is 15.0 Å². The molecule has 0 atom stereocenters. The van der Waals surface area contributed by atoms with E-state index in [2.05, 4.69) is 4.98 Å². The van der Waals surface area contributed by atoms with E-state index in [9.17, 15) is 19.6 Å². The smallest absolute Gasteiger partial charge is 0.308 e. The third kappa shape index (κ3) is 4.82. The largest absolute Gasteiger partial charge is 0.427 e. The highest BCUT2D eigenvalue weighted by Crippen LogP contribution is 2.33. The van der Waals surface area contributed by atoms with Crippen molar-refractivity contribution in [1.29, 1.82) is 5.26 Å². The van der Waals surface area contributed by atoms with Gasteiger partial charge >= 0.3 is 11.9 Å². The second-order valence-electron chi connectivity index (χ2n) is 7.04. The molecule has 0 amide bonds. The first-order valence-corrected chi connectivity index (χ1v) is 8.21. The molecule has 1 aromatic carbocycles. The van der Waals surface area contributed by atoms with Crippen LogP contribution >= 0.6 is 0 Å². The van der Waals surface area contributed by atoms with Gasteiger partial charge in [-0.25, -0.2) is 0 Å². The first-order chi connectivity index (χ1) is 12.5. The third-order valence-electron chi connectivity index (χ3n) is 3.67. The fourth-order valence-electron chi connectivity index (χ4n) is 2.48. The number of nitrogens with zero attached hydrogens (tertiary/aromatic N) is 1. The van der Waals surface area contributed by atoms with Gasteiger partial charge in [0.2, 0.25) is 0 Å². The first kappa shape index (κ1) is 19.9. The maximum absolute atomic E-state index is 12.4. The van der Waals surface area contributed by atoms with Crippen LogP contribution in [0.4, 0.5) is 0 Å². The number of hydrogen-bond acceptors (Lipinski definition) is 6. The highest BCUT2D eigenvalue weighted by molar-refractivity contribution is 5.77. The molecule has 0 aliphatic carbocycles. The van der Waals surface area contributed by atoms with Gasteiger partial charge in [-0.1, -0.05) is 20.8 Å². The fraction of sp³-hybridized carbons (Fsp3) is 0.300. The molecule has 7 nitrogen and oxygen atoms in total. The Morgan fingerprint density at radius 2 is 1.52 bits per heavy atom. The zero-order valence-corrected chi connectivity index (χ0v) is 15.8. The number of aromatic amines is 1. The quantitative estimate of drug-likeness (QED) is 0.659. The van der Waals surface area contributed by atoms with Gasteiger partial charge in [-0.3, -0.25) is 14.4 Å². The first-order valence-electron chi connectivity index (χ1n) is 8.21. The van der Waals surface area contributed by atoms with E-state index in [1.165, 1.54) is 32.0 Å². The molecule has 0 fully saturated rings. The van der Waals surface area contributed by atoms with Crippen molar-refractivity contribution in [2.75, 3.05) is 0 Å². The molecule has 140 valence electrons.